The smallest absolute Gasteiger partial charge is 0.255 e. The molecular weight excluding hydrogens is 335 g/mol. The van der Waals surface area contributed by atoms with E-state index in [0.29, 0.717) is 5.75 Å². The molecule has 0 bridgehead atoms. The predicted octanol–water partition coefficient (Wildman–Crippen LogP) is 4.08. The van der Waals surface area contributed by atoms with Crippen molar-refractivity contribution in [1.29, 1.82) is 0 Å². The van der Waals surface area contributed by atoms with Crippen molar-refractivity contribution in [3.05, 3.63) is 63.6 Å². The van der Waals surface area contributed by atoms with E-state index in [1.165, 1.54) is 24.3 Å². The second-order valence-corrected chi connectivity index (χ2v) is 5.09. The third-order valence-electron chi connectivity index (χ3n) is 2.73. The van der Waals surface area contributed by atoms with Gasteiger partial charge in [0.25, 0.3) is 5.91 Å². The Morgan fingerprint density at radius 2 is 1.91 bits per heavy atom. The van der Waals surface area contributed by atoms with E-state index in [-0.39, 0.29) is 28.8 Å². The van der Waals surface area contributed by atoms with Crippen molar-refractivity contribution in [1.82, 2.24) is 5.32 Å². The van der Waals surface area contributed by atoms with Crippen LogP contribution >= 0.6 is 23.2 Å². The minimum absolute atomic E-state index is 0.0278. The second-order valence-electron chi connectivity index (χ2n) is 4.28. The highest BCUT2D eigenvalue weighted by molar-refractivity contribution is 6.33. The van der Waals surface area contributed by atoms with Crippen molar-refractivity contribution in [3.8, 4) is 5.75 Å². The summed E-state index contributed by atoms with van der Waals surface area (Å²) in [4.78, 5) is 11.8. The highest BCUT2D eigenvalue weighted by Gasteiger charge is 2.15. The number of amides is 1. The zero-order valence-electron chi connectivity index (χ0n) is 11.2. The molecule has 2 rings (SSSR count). The van der Waals surface area contributed by atoms with E-state index in [2.05, 4.69) is 5.32 Å². The highest BCUT2D eigenvalue weighted by Crippen LogP contribution is 2.24. The van der Waals surface area contributed by atoms with E-state index >= 15 is 0 Å². The molecule has 0 saturated carbocycles. The number of benzene rings is 2. The normalized spacial score (nSPS) is 10.4. The molecule has 0 aliphatic carbocycles. The number of carbonyl (C=O) groups is 1. The molecule has 3 nitrogen and oxygen atoms in total. The molecule has 116 valence electrons. The van der Waals surface area contributed by atoms with Crippen LogP contribution in [0, 0.1) is 11.6 Å². The molecule has 1 amide bonds. The van der Waals surface area contributed by atoms with Crippen LogP contribution in [0.4, 0.5) is 8.78 Å². The maximum atomic E-state index is 13.5. The number of carbonyl (C=O) groups excluding carboxylic acids is 1. The number of rotatable bonds is 5. The molecule has 0 saturated heterocycles. The zero-order chi connectivity index (χ0) is 16.1. The van der Waals surface area contributed by atoms with Crippen molar-refractivity contribution >= 4 is 29.1 Å². The van der Waals surface area contributed by atoms with Crippen LogP contribution in [0.25, 0.3) is 0 Å². The van der Waals surface area contributed by atoms with Gasteiger partial charge in [-0.1, -0.05) is 29.3 Å². The Bertz CT molecular complexity index is 675. The molecule has 7 heteroatoms. The third kappa shape index (κ3) is 4.08. The summed E-state index contributed by atoms with van der Waals surface area (Å²) < 4.78 is 31.7. The summed E-state index contributed by atoms with van der Waals surface area (Å²) in [5.74, 6) is -1.52. The van der Waals surface area contributed by atoms with Crippen LogP contribution in [0.3, 0.4) is 0 Å². The SMILES string of the molecule is O=C(NCCOc1ccc(F)cc1Cl)c1c(F)cccc1Cl. The molecular formula is C15H11Cl2F2NO2. The molecule has 0 unspecified atom stereocenters. The number of hydrogen-bond donors (Lipinski definition) is 1. The van der Waals surface area contributed by atoms with Gasteiger partial charge in [0.1, 0.15) is 24.0 Å². The lowest BCUT2D eigenvalue weighted by atomic mass is 10.2. The summed E-state index contributed by atoms with van der Waals surface area (Å²) in [6.07, 6.45) is 0. The van der Waals surface area contributed by atoms with Crippen molar-refractivity contribution in [2.45, 2.75) is 0 Å². The van der Waals surface area contributed by atoms with Gasteiger partial charge < -0.3 is 10.1 Å². The van der Waals surface area contributed by atoms with E-state index in [0.717, 1.165) is 12.1 Å². The molecule has 0 radical (unpaired) electrons. The van der Waals surface area contributed by atoms with Gasteiger partial charge in [-0.2, -0.15) is 0 Å². The predicted molar refractivity (Wildman–Crippen MR) is 80.6 cm³/mol. The maximum absolute atomic E-state index is 13.5. The topological polar surface area (TPSA) is 38.3 Å². The van der Waals surface area contributed by atoms with E-state index in [1.807, 2.05) is 0 Å². The lowest BCUT2D eigenvalue weighted by Crippen LogP contribution is -2.29. The van der Waals surface area contributed by atoms with Crippen molar-refractivity contribution < 1.29 is 18.3 Å². The first-order valence-electron chi connectivity index (χ1n) is 6.29. The standard InChI is InChI=1S/C15H11Cl2F2NO2/c16-10-2-1-3-12(19)14(10)15(21)20-6-7-22-13-5-4-9(18)8-11(13)17/h1-5,8H,6-7H2,(H,20,21). The summed E-state index contributed by atoms with van der Waals surface area (Å²) in [6.45, 7) is 0.195. The summed E-state index contributed by atoms with van der Waals surface area (Å²) >= 11 is 11.6. The van der Waals surface area contributed by atoms with Crippen molar-refractivity contribution in [3.63, 3.8) is 0 Å². The minimum Gasteiger partial charge on any atom is -0.490 e. The largest absolute Gasteiger partial charge is 0.490 e. The first kappa shape index (κ1) is 16.5. The summed E-state index contributed by atoms with van der Waals surface area (Å²) in [5.41, 5.74) is -0.219. The quantitative estimate of drug-likeness (QED) is 0.829. The number of ether oxygens (including phenoxy) is 1. The minimum atomic E-state index is -0.701. The lowest BCUT2D eigenvalue weighted by Gasteiger charge is -2.10. The molecule has 0 atom stereocenters. The summed E-state index contributed by atoms with van der Waals surface area (Å²) in [5, 5.41) is 2.63. The summed E-state index contributed by atoms with van der Waals surface area (Å²) in [6, 6.07) is 7.69. The molecule has 0 heterocycles. The molecule has 2 aromatic carbocycles. The fraction of sp³-hybridized carbons (Fsp3) is 0.133. The Morgan fingerprint density at radius 3 is 2.59 bits per heavy atom. The number of hydrogen-bond acceptors (Lipinski definition) is 2. The van der Waals surface area contributed by atoms with Crippen LogP contribution in [-0.2, 0) is 0 Å². The molecule has 0 aliphatic heterocycles. The van der Waals surface area contributed by atoms with Crippen LogP contribution in [0.2, 0.25) is 10.0 Å². The first-order chi connectivity index (χ1) is 10.5. The fourth-order valence-electron chi connectivity index (χ4n) is 1.72. The monoisotopic (exact) mass is 345 g/mol. The number of halogens is 4. The number of nitrogens with one attached hydrogen (secondary N) is 1. The molecule has 22 heavy (non-hydrogen) atoms. The van der Waals surface area contributed by atoms with Gasteiger partial charge in [-0.15, -0.1) is 0 Å². The van der Waals surface area contributed by atoms with Crippen molar-refractivity contribution in [2.75, 3.05) is 13.2 Å². The van der Waals surface area contributed by atoms with Gasteiger partial charge in [-0.05, 0) is 30.3 Å². The first-order valence-corrected chi connectivity index (χ1v) is 7.04. The van der Waals surface area contributed by atoms with E-state index in [1.54, 1.807) is 0 Å². The van der Waals surface area contributed by atoms with Gasteiger partial charge in [0.2, 0.25) is 0 Å². The Balaban J connectivity index is 1.87. The summed E-state index contributed by atoms with van der Waals surface area (Å²) in [7, 11) is 0. The average Bonchev–Trinajstić information content (AvgIpc) is 2.45. The molecule has 2 aromatic rings. The highest BCUT2D eigenvalue weighted by atomic mass is 35.5. The average molecular weight is 346 g/mol. The van der Waals surface area contributed by atoms with Crippen molar-refractivity contribution in [2.24, 2.45) is 0 Å². The van der Waals surface area contributed by atoms with Crippen LogP contribution in [0.5, 0.6) is 5.75 Å². The van der Waals surface area contributed by atoms with Gasteiger partial charge in [0.05, 0.1) is 22.2 Å². The van der Waals surface area contributed by atoms with Crippen LogP contribution < -0.4 is 10.1 Å². The van der Waals surface area contributed by atoms with Gasteiger partial charge in [-0.3, -0.25) is 4.79 Å². The maximum Gasteiger partial charge on any atom is 0.255 e. The molecule has 0 fully saturated rings. The molecule has 1 N–H and O–H groups in total. The van der Waals surface area contributed by atoms with E-state index < -0.39 is 17.5 Å². The Hall–Kier alpha value is -1.85. The Labute approximate surface area is 135 Å². The van der Waals surface area contributed by atoms with Crippen LogP contribution in [0.1, 0.15) is 10.4 Å². The second kappa shape index (κ2) is 7.42. The van der Waals surface area contributed by atoms with Gasteiger partial charge >= 0.3 is 0 Å². The van der Waals surface area contributed by atoms with Gasteiger partial charge in [0.15, 0.2) is 0 Å². The van der Waals surface area contributed by atoms with Crippen LogP contribution in [-0.4, -0.2) is 19.1 Å². The Kier molecular flexibility index (Phi) is 5.57. The fourth-order valence-corrected chi connectivity index (χ4v) is 2.19. The third-order valence-corrected chi connectivity index (χ3v) is 3.34. The van der Waals surface area contributed by atoms with E-state index in [9.17, 15) is 13.6 Å². The molecule has 0 aliphatic rings. The Morgan fingerprint density at radius 1 is 1.14 bits per heavy atom. The van der Waals surface area contributed by atoms with Crippen LogP contribution in [0.15, 0.2) is 36.4 Å². The molecule has 0 spiro atoms. The lowest BCUT2D eigenvalue weighted by molar-refractivity contribution is 0.0943. The molecule has 0 aromatic heterocycles. The van der Waals surface area contributed by atoms with Gasteiger partial charge in [-0.25, -0.2) is 8.78 Å². The van der Waals surface area contributed by atoms with E-state index in [4.69, 9.17) is 27.9 Å². The van der Waals surface area contributed by atoms with Gasteiger partial charge in [0, 0.05) is 0 Å². The zero-order valence-corrected chi connectivity index (χ0v) is 12.7.